The Balaban J connectivity index is 0. The lowest BCUT2D eigenvalue weighted by atomic mass is 10.0. The second kappa shape index (κ2) is 32.9. The molecule has 3 nitrogen and oxygen atoms in total. The summed E-state index contributed by atoms with van der Waals surface area (Å²) in [6.45, 7) is 14.5. The zero-order valence-corrected chi connectivity index (χ0v) is 29.6. The van der Waals surface area contributed by atoms with E-state index in [-0.39, 0.29) is 12.4 Å². The minimum absolute atomic E-state index is 0. The van der Waals surface area contributed by atoms with Gasteiger partial charge in [0.15, 0.2) is 0 Å². The lowest BCUT2D eigenvalue weighted by molar-refractivity contribution is -0.910. The molecule has 0 aromatic heterocycles. The minimum atomic E-state index is -1.45. The predicted molar refractivity (Wildman–Crippen MR) is 174 cm³/mol. The summed E-state index contributed by atoms with van der Waals surface area (Å²) in [6.07, 6.45) is 32.9. The van der Waals surface area contributed by atoms with Gasteiger partial charge in [-0.3, -0.25) is 0 Å². The second-order valence-corrected chi connectivity index (χ2v) is 14.4. The van der Waals surface area contributed by atoms with Crippen LogP contribution in [0.3, 0.4) is 0 Å². The number of halogens is 1. The van der Waals surface area contributed by atoms with Gasteiger partial charge in [0.2, 0.25) is 0 Å². The zero-order chi connectivity index (χ0) is 28.0. The van der Waals surface area contributed by atoms with E-state index in [1.54, 1.807) is 0 Å². The molecule has 0 fully saturated rings. The molecule has 238 valence electrons. The molecule has 0 heterocycles. The quantitative estimate of drug-likeness (QED) is 0.0452. The largest absolute Gasteiger partial charge is 1.00 e. The molecular weight excluding hydrogens is 518 g/mol. The van der Waals surface area contributed by atoms with Crippen LogP contribution in [-0.4, -0.2) is 53.7 Å². The summed E-state index contributed by atoms with van der Waals surface area (Å²) in [4.78, 5) is 0. The lowest BCUT2D eigenvalue weighted by Gasteiger charge is -2.35. The SMILES string of the molecule is CCCCCCCCCCCCCC[N+](C)(CCCCCCCCCCCC)CCC[SiH](OCC)OCC.[Cl-]. The van der Waals surface area contributed by atoms with Crippen molar-refractivity contribution in [1.29, 1.82) is 0 Å². The van der Waals surface area contributed by atoms with Gasteiger partial charge in [-0.05, 0) is 52.0 Å². The maximum Gasteiger partial charge on any atom is 0.321 e. The highest BCUT2D eigenvalue weighted by Crippen LogP contribution is 2.17. The molecule has 0 aliphatic carbocycles. The van der Waals surface area contributed by atoms with E-state index in [0.717, 1.165) is 13.2 Å². The van der Waals surface area contributed by atoms with Crippen molar-refractivity contribution < 1.29 is 25.7 Å². The van der Waals surface area contributed by atoms with Gasteiger partial charge in [-0.25, -0.2) is 0 Å². The van der Waals surface area contributed by atoms with Crippen molar-refractivity contribution in [2.24, 2.45) is 0 Å². The first-order valence-electron chi connectivity index (χ1n) is 17.7. The average molecular weight is 593 g/mol. The van der Waals surface area contributed by atoms with E-state index in [1.165, 1.54) is 178 Å². The van der Waals surface area contributed by atoms with E-state index in [4.69, 9.17) is 8.85 Å². The maximum atomic E-state index is 5.95. The fourth-order valence-electron chi connectivity index (χ4n) is 5.88. The van der Waals surface area contributed by atoms with Crippen LogP contribution in [-0.2, 0) is 8.85 Å². The van der Waals surface area contributed by atoms with E-state index in [2.05, 4.69) is 34.7 Å². The van der Waals surface area contributed by atoms with Gasteiger partial charge in [-0.2, -0.15) is 0 Å². The Kier molecular flexibility index (Phi) is 35.0. The molecule has 39 heavy (non-hydrogen) atoms. The molecule has 0 aromatic rings. The molecule has 0 aromatic carbocycles. The van der Waals surface area contributed by atoms with Crippen LogP contribution in [0.5, 0.6) is 0 Å². The monoisotopic (exact) mass is 592 g/mol. The first kappa shape index (κ1) is 41.5. The summed E-state index contributed by atoms with van der Waals surface area (Å²) in [7, 11) is 1.09. The van der Waals surface area contributed by atoms with Crippen molar-refractivity contribution in [3.8, 4) is 0 Å². The number of hydrogen-bond acceptors (Lipinski definition) is 2. The first-order valence-corrected chi connectivity index (χ1v) is 19.4. The summed E-state index contributed by atoms with van der Waals surface area (Å²) >= 11 is 0. The molecule has 0 amide bonds. The number of hydrogen-bond donors (Lipinski definition) is 0. The van der Waals surface area contributed by atoms with Gasteiger partial charge in [0, 0.05) is 13.2 Å². The first-order chi connectivity index (χ1) is 18.6. The second-order valence-electron chi connectivity index (χ2n) is 12.3. The fraction of sp³-hybridized carbons (Fsp3) is 1.00. The normalized spacial score (nSPS) is 13.1. The van der Waals surface area contributed by atoms with Gasteiger partial charge in [0.05, 0.1) is 26.7 Å². The Labute approximate surface area is 255 Å². The van der Waals surface area contributed by atoms with Crippen molar-refractivity contribution in [3.05, 3.63) is 0 Å². The van der Waals surface area contributed by atoms with Gasteiger partial charge < -0.3 is 25.7 Å². The molecule has 0 bridgehead atoms. The van der Waals surface area contributed by atoms with Crippen molar-refractivity contribution in [2.45, 2.75) is 181 Å². The molecule has 0 rings (SSSR count). The molecule has 1 atom stereocenters. The van der Waals surface area contributed by atoms with Gasteiger partial charge in [0.25, 0.3) is 0 Å². The van der Waals surface area contributed by atoms with Crippen molar-refractivity contribution in [3.63, 3.8) is 0 Å². The summed E-state index contributed by atoms with van der Waals surface area (Å²) in [5.74, 6) is 0. The third-order valence-electron chi connectivity index (χ3n) is 8.45. The van der Waals surface area contributed by atoms with E-state index >= 15 is 0 Å². The highest BCUT2D eigenvalue weighted by Gasteiger charge is 2.22. The number of unbranched alkanes of at least 4 members (excludes halogenated alkanes) is 20. The minimum Gasteiger partial charge on any atom is -1.00 e. The van der Waals surface area contributed by atoms with E-state index in [9.17, 15) is 0 Å². The topological polar surface area (TPSA) is 18.5 Å². The average Bonchev–Trinajstić information content (AvgIpc) is 2.91. The third kappa shape index (κ3) is 29.7. The van der Waals surface area contributed by atoms with Crippen LogP contribution in [0.4, 0.5) is 0 Å². The molecule has 0 N–H and O–H groups in total. The van der Waals surface area contributed by atoms with Crippen LogP contribution in [0, 0.1) is 0 Å². The molecular formula is C34H74ClNO2Si. The summed E-state index contributed by atoms with van der Waals surface area (Å²) in [6, 6.07) is 1.17. The molecule has 1 unspecified atom stereocenters. The van der Waals surface area contributed by atoms with Gasteiger partial charge in [0.1, 0.15) is 0 Å². The molecule has 0 radical (unpaired) electrons. The van der Waals surface area contributed by atoms with Crippen molar-refractivity contribution in [2.75, 3.05) is 39.9 Å². The molecule has 0 aliphatic rings. The van der Waals surface area contributed by atoms with Crippen molar-refractivity contribution >= 4 is 9.28 Å². The maximum absolute atomic E-state index is 5.95. The lowest BCUT2D eigenvalue weighted by Crippen LogP contribution is -3.00. The Morgan fingerprint density at radius 1 is 0.410 bits per heavy atom. The number of nitrogens with zero attached hydrogens (tertiary/aromatic N) is 1. The Hall–Kier alpha value is 0.387. The summed E-state index contributed by atoms with van der Waals surface area (Å²) in [5.41, 5.74) is 0. The third-order valence-corrected chi connectivity index (χ3v) is 10.7. The van der Waals surface area contributed by atoms with E-state index < -0.39 is 9.28 Å². The molecule has 0 saturated carbocycles. The Bertz CT molecular complexity index is 451. The van der Waals surface area contributed by atoms with Gasteiger partial charge in [-0.15, -0.1) is 0 Å². The van der Waals surface area contributed by atoms with Crippen LogP contribution in [0.2, 0.25) is 6.04 Å². The van der Waals surface area contributed by atoms with Crippen LogP contribution in [0.1, 0.15) is 175 Å². The van der Waals surface area contributed by atoms with Crippen LogP contribution < -0.4 is 12.4 Å². The standard InChI is InChI=1S/C34H74NO2Si.ClH/c1-6-10-12-14-16-18-20-21-23-25-27-29-32-35(5,33-30-34-38(36-8-3)37-9-4)31-28-26-24-22-19-17-15-13-11-7-2;/h38H,6-34H2,1-5H3;1H/q+1;/p-1. The highest BCUT2D eigenvalue weighted by molar-refractivity contribution is 6.44. The number of quaternary nitrogens is 1. The summed E-state index contributed by atoms with van der Waals surface area (Å²) < 4.78 is 13.2. The van der Waals surface area contributed by atoms with Crippen LogP contribution in [0.15, 0.2) is 0 Å². The predicted octanol–water partition coefficient (Wildman–Crippen LogP) is 7.74. The Morgan fingerprint density at radius 2 is 0.692 bits per heavy atom. The fourth-order valence-corrected chi connectivity index (χ4v) is 7.57. The highest BCUT2D eigenvalue weighted by atomic mass is 35.5. The molecule has 0 saturated heterocycles. The summed E-state index contributed by atoms with van der Waals surface area (Å²) in [5, 5.41) is 0. The smallest absolute Gasteiger partial charge is 0.321 e. The van der Waals surface area contributed by atoms with Gasteiger partial charge in [-0.1, -0.05) is 129 Å². The van der Waals surface area contributed by atoms with E-state index in [0.29, 0.717) is 0 Å². The van der Waals surface area contributed by atoms with Crippen LogP contribution in [0.25, 0.3) is 0 Å². The van der Waals surface area contributed by atoms with Crippen molar-refractivity contribution in [1.82, 2.24) is 0 Å². The van der Waals surface area contributed by atoms with E-state index in [1.807, 2.05) is 0 Å². The van der Waals surface area contributed by atoms with Gasteiger partial charge >= 0.3 is 9.28 Å². The Morgan fingerprint density at radius 3 is 1.00 bits per heavy atom. The number of rotatable bonds is 32. The zero-order valence-electron chi connectivity index (χ0n) is 27.7. The molecule has 0 spiro atoms. The van der Waals surface area contributed by atoms with Crippen LogP contribution >= 0.6 is 0 Å². The molecule has 5 heteroatoms. The molecule has 0 aliphatic heterocycles.